The second-order valence-electron chi connectivity index (χ2n) is 5.90. The van der Waals surface area contributed by atoms with Gasteiger partial charge in [0.05, 0.1) is 11.4 Å². The van der Waals surface area contributed by atoms with Crippen molar-refractivity contribution in [1.29, 1.82) is 0 Å². The predicted octanol–water partition coefficient (Wildman–Crippen LogP) is 2.43. The first kappa shape index (κ1) is 18.5. The van der Waals surface area contributed by atoms with E-state index >= 15 is 0 Å². The number of carboxylic acid groups (broad SMARTS) is 1. The Hall–Kier alpha value is -2.51. The van der Waals surface area contributed by atoms with Crippen LogP contribution in [0.1, 0.15) is 37.6 Å². The number of carbonyl (C=O) groups is 2. The summed E-state index contributed by atoms with van der Waals surface area (Å²) in [4.78, 5) is 22.6. The van der Waals surface area contributed by atoms with Crippen LogP contribution >= 0.6 is 0 Å². The van der Waals surface area contributed by atoms with Crippen molar-refractivity contribution >= 4 is 23.4 Å². The van der Waals surface area contributed by atoms with E-state index in [1.165, 1.54) is 6.07 Å². The average molecular weight is 327 g/mol. The van der Waals surface area contributed by atoms with E-state index in [0.29, 0.717) is 19.5 Å². The summed E-state index contributed by atoms with van der Waals surface area (Å²) in [6.07, 6.45) is 0.00465. The van der Waals surface area contributed by atoms with Crippen molar-refractivity contribution in [3.8, 4) is 0 Å². The third kappa shape index (κ3) is 6.01. The van der Waals surface area contributed by atoms with Crippen LogP contribution in [0.5, 0.6) is 0 Å². The van der Waals surface area contributed by atoms with Gasteiger partial charge < -0.3 is 26.2 Å². The highest BCUT2D eigenvalue weighted by Crippen LogP contribution is 2.25. The van der Waals surface area contributed by atoms with Crippen LogP contribution in [0.3, 0.4) is 0 Å². The maximum absolute atomic E-state index is 13.3. The number of carbonyl (C=O) groups excluding carboxylic acids is 1. The zero-order chi connectivity index (χ0) is 17.6. The topological polar surface area (TPSA) is 114 Å². The summed E-state index contributed by atoms with van der Waals surface area (Å²) < 4.78 is 18.4. The number of nitrogens with two attached hydrogens (primary N) is 1. The minimum Gasteiger partial charge on any atom is -0.478 e. The van der Waals surface area contributed by atoms with Crippen LogP contribution in [0.25, 0.3) is 0 Å². The molecule has 23 heavy (non-hydrogen) atoms. The fourth-order valence-corrected chi connectivity index (χ4v) is 1.79. The quantitative estimate of drug-likeness (QED) is 0.471. The number of nitrogen functional groups attached to an aromatic ring is 1. The second kappa shape index (κ2) is 7.66. The summed E-state index contributed by atoms with van der Waals surface area (Å²) in [6.45, 7) is 6.02. The third-order valence-corrected chi connectivity index (χ3v) is 2.74. The van der Waals surface area contributed by atoms with Gasteiger partial charge in [0.25, 0.3) is 0 Å². The van der Waals surface area contributed by atoms with Gasteiger partial charge in [0.1, 0.15) is 17.0 Å². The van der Waals surface area contributed by atoms with E-state index in [4.69, 9.17) is 15.6 Å². The van der Waals surface area contributed by atoms with Gasteiger partial charge in [-0.25, -0.2) is 14.0 Å². The van der Waals surface area contributed by atoms with Crippen LogP contribution in [-0.4, -0.2) is 35.9 Å². The van der Waals surface area contributed by atoms with Crippen LogP contribution in [0.2, 0.25) is 0 Å². The molecule has 0 aromatic heterocycles. The normalized spacial score (nSPS) is 11.0. The Morgan fingerprint density at radius 2 is 1.96 bits per heavy atom. The number of anilines is 2. The van der Waals surface area contributed by atoms with E-state index in [2.05, 4.69) is 10.6 Å². The highest BCUT2D eigenvalue weighted by atomic mass is 19.1. The van der Waals surface area contributed by atoms with Crippen LogP contribution in [0.4, 0.5) is 20.6 Å². The van der Waals surface area contributed by atoms with Gasteiger partial charge in [-0.3, -0.25) is 0 Å². The lowest BCUT2D eigenvalue weighted by molar-refractivity contribution is 0.0527. The number of alkyl carbamates (subject to hydrolysis) is 1. The number of amides is 1. The van der Waals surface area contributed by atoms with Gasteiger partial charge in [-0.1, -0.05) is 0 Å². The molecular formula is C15H22FN3O4. The van der Waals surface area contributed by atoms with Crippen molar-refractivity contribution in [2.75, 3.05) is 24.1 Å². The van der Waals surface area contributed by atoms with Crippen molar-refractivity contribution in [2.24, 2.45) is 0 Å². The Morgan fingerprint density at radius 1 is 1.30 bits per heavy atom. The third-order valence-electron chi connectivity index (χ3n) is 2.74. The largest absolute Gasteiger partial charge is 0.478 e. The number of ether oxygens (including phenoxy) is 1. The van der Waals surface area contributed by atoms with E-state index in [1.54, 1.807) is 20.8 Å². The molecule has 1 aromatic carbocycles. The van der Waals surface area contributed by atoms with Gasteiger partial charge in [-0.2, -0.15) is 0 Å². The SMILES string of the molecule is CC(C)(C)OC(=O)NCCCNc1ccc(F)c(N)c1C(=O)O. The molecule has 7 nitrogen and oxygen atoms in total. The molecule has 0 radical (unpaired) electrons. The van der Waals surface area contributed by atoms with Crippen molar-refractivity contribution < 1.29 is 23.8 Å². The minimum atomic E-state index is -1.31. The minimum absolute atomic E-state index is 0.230. The van der Waals surface area contributed by atoms with Crippen molar-refractivity contribution in [2.45, 2.75) is 32.8 Å². The lowest BCUT2D eigenvalue weighted by Crippen LogP contribution is -2.33. The molecule has 0 aliphatic rings. The fraction of sp³-hybridized carbons (Fsp3) is 0.467. The number of benzene rings is 1. The molecule has 0 saturated carbocycles. The predicted molar refractivity (Wildman–Crippen MR) is 85.1 cm³/mol. The molecule has 8 heteroatoms. The van der Waals surface area contributed by atoms with E-state index in [-0.39, 0.29) is 11.3 Å². The lowest BCUT2D eigenvalue weighted by atomic mass is 10.1. The highest BCUT2D eigenvalue weighted by Gasteiger charge is 2.17. The van der Waals surface area contributed by atoms with Gasteiger partial charge in [-0.05, 0) is 39.3 Å². The van der Waals surface area contributed by atoms with E-state index < -0.39 is 29.2 Å². The summed E-state index contributed by atoms with van der Waals surface area (Å²) in [5, 5.41) is 14.5. The molecule has 0 aliphatic heterocycles. The van der Waals surface area contributed by atoms with Gasteiger partial charge >= 0.3 is 12.1 Å². The lowest BCUT2D eigenvalue weighted by Gasteiger charge is -2.19. The Bertz CT molecular complexity index is 585. The molecule has 128 valence electrons. The van der Waals surface area contributed by atoms with Gasteiger partial charge in [0, 0.05) is 13.1 Å². The molecule has 0 unspecified atom stereocenters. The Kier molecular flexibility index (Phi) is 6.18. The van der Waals surface area contributed by atoms with Gasteiger partial charge in [0.15, 0.2) is 0 Å². The fourth-order valence-electron chi connectivity index (χ4n) is 1.79. The maximum Gasteiger partial charge on any atom is 0.407 e. The number of hydrogen-bond acceptors (Lipinski definition) is 5. The van der Waals surface area contributed by atoms with E-state index in [1.807, 2.05) is 0 Å². The number of aromatic carboxylic acids is 1. The van der Waals surface area contributed by atoms with Crippen LogP contribution in [-0.2, 0) is 4.74 Å². The van der Waals surface area contributed by atoms with E-state index in [9.17, 15) is 14.0 Å². The molecule has 0 aliphatic carbocycles. The standard InChI is InChI=1S/C15H22FN3O4/c1-15(2,3)23-14(22)19-8-4-7-18-10-6-5-9(16)12(17)11(10)13(20)21/h5-6,18H,4,7-8,17H2,1-3H3,(H,19,22)(H,20,21). The number of halogens is 1. The molecule has 1 aromatic rings. The number of rotatable bonds is 6. The number of hydrogen-bond donors (Lipinski definition) is 4. The smallest absolute Gasteiger partial charge is 0.407 e. The molecule has 0 bridgehead atoms. The van der Waals surface area contributed by atoms with Crippen molar-refractivity contribution in [3.05, 3.63) is 23.5 Å². The molecule has 0 spiro atoms. The molecule has 0 fully saturated rings. The van der Waals surface area contributed by atoms with E-state index in [0.717, 1.165) is 6.07 Å². The van der Waals surface area contributed by atoms with Gasteiger partial charge in [-0.15, -0.1) is 0 Å². The zero-order valence-corrected chi connectivity index (χ0v) is 13.4. The summed E-state index contributed by atoms with van der Waals surface area (Å²) >= 11 is 0. The maximum atomic E-state index is 13.3. The van der Waals surface area contributed by atoms with Crippen molar-refractivity contribution in [1.82, 2.24) is 5.32 Å². The number of nitrogens with one attached hydrogen (secondary N) is 2. The van der Waals surface area contributed by atoms with Gasteiger partial charge in [0.2, 0.25) is 0 Å². The first-order valence-electron chi connectivity index (χ1n) is 7.14. The van der Waals surface area contributed by atoms with Crippen LogP contribution < -0.4 is 16.4 Å². The second-order valence-corrected chi connectivity index (χ2v) is 5.90. The number of carboxylic acids is 1. The summed E-state index contributed by atoms with van der Waals surface area (Å²) in [6, 6.07) is 2.42. The Balaban J connectivity index is 2.47. The molecule has 1 amide bonds. The van der Waals surface area contributed by atoms with Crippen LogP contribution in [0.15, 0.2) is 12.1 Å². The first-order valence-corrected chi connectivity index (χ1v) is 7.14. The average Bonchev–Trinajstić information content (AvgIpc) is 2.39. The molecule has 0 saturated heterocycles. The molecule has 5 N–H and O–H groups in total. The zero-order valence-electron chi connectivity index (χ0n) is 13.4. The first-order chi connectivity index (χ1) is 10.6. The van der Waals surface area contributed by atoms with Crippen LogP contribution in [0, 0.1) is 5.82 Å². The monoisotopic (exact) mass is 327 g/mol. The molecular weight excluding hydrogens is 305 g/mol. The molecule has 0 atom stereocenters. The Morgan fingerprint density at radius 3 is 2.52 bits per heavy atom. The van der Waals surface area contributed by atoms with Crippen molar-refractivity contribution in [3.63, 3.8) is 0 Å². The summed E-state index contributed by atoms with van der Waals surface area (Å²) in [5.74, 6) is -2.09. The molecule has 1 rings (SSSR count). The Labute approximate surface area is 134 Å². The summed E-state index contributed by atoms with van der Waals surface area (Å²) in [7, 11) is 0. The molecule has 0 heterocycles. The summed E-state index contributed by atoms with van der Waals surface area (Å²) in [5.41, 5.74) is 4.40. The highest BCUT2D eigenvalue weighted by molar-refractivity contribution is 6.00.